The van der Waals surface area contributed by atoms with E-state index >= 15 is 0 Å². The minimum absolute atomic E-state index is 0. The number of aliphatic hydroxyl groups excluding tert-OH is 1. The van der Waals surface area contributed by atoms with Crippen molar-refractivity contribution in [1.29, 1.82) is 0 Å². The van der Waals surface area contributed by atoms with Gasteiger partial charge in [-0.15, -0.1) is 12.4 Å². The van der Waals surface area contributed by atoms with Gasteiger partial charge in [0.2, 0.25) is 5.91 Å². The number of carbonyl (C=O) groups excluding carboxylic acids is 2. The normalized spacial score (nSPS) is 22.5. The van der Waals surface area contributed by atoms with Crippen molar-refractivity contribution in [2.75, 3.05) is 13.2 Å². The van der Waals surface area contributed by atoms with Crippen molar-refractivity contribution in [2.45, 2.75) is 25.3 Å². The van der Waals surface area contributed by atoms with Crippen LogP contribution < -0.4 is 11.1 Å². The van der Waals surface area contributed by atoms with Crippen molar-refractivity contribution < 1.29 is 14.7 Å². The van der Waals surface area contributed by atoms with E-state index in [4.69, 9.17) is 10.8 Å². The molecule has 1 rings (SSSR count). The second kappa shape index (κ2) is 6.76. The standard InChI is InChI=1S/C9H16N2O3.ClH/c10-7(8(13)5-12)4-6-2-1-3-11-9(6)14;/h6-7,12H,1-5,10H2,(H,11,14);1H/t6-,7-;/m0./s1. The van der Waals surface area contributed by atoms with Crippen LogP contribution in [0.3, 0.4) is 0 Å². The Kier molecular flexibility index (Phi) is 6.47. The number of hydrogen-bond acceptors (Lipinski definition) is 4. The van der Waals surface area contributed by atoms with Gasteiger partial charge in [-0.3, -0.25) is 9.59 Å². The van der Waals surface area contributed by atoms with Gasteiger partial charge in [-0.2, -0.15) is 0 Å². The molecule has 5 nitrogen and oxygen atoms in total. The van der Waals surface area contributed by atoms with E-state index in [2.05, 4.69) is 5.32 Å². The quantitative estimate of drug-likeness (QED) is 0.597. The van der Waals surface area contributed by atoms with Gasteiger partial charge in [0, 0.05) is 12.5 Å². The molecule has 0 spiro atoms. The maximum Gasteiger partial charge on any atom is 0.223 e. The van der Waals surface area contributed by atoms with Crippen LogP contribution in [0.2, 0.25) is 0 Å². The Labute approximate surface area is 94.8 Å². The molecule has 0 saturated carbocycles. The van der Waals surface area contributed by atoms with Crippen LogP contribution in [-0.2, 0) is 9.59 Å². The Morgan fingerprint density at radius 1 is 1.67 bits per heavy atom. The summed E-state index contributed by atoms with van der Waals surface area (Å²) < 4.78 is 0. The number of aliphatic hydroxyl groups is 1. The Morgan fingerprint density at radius 3 is 2.87 bits per heavy atom. The van der Waals surface area contributed by atoms with Crippen LogP contribution in [-0.4, -0.2) is 36.0 Å². The van der Waals surface area contributed by atoms with Crippen LogP contribution >= 0.6 is 12.4 Å². The smallest absolute Gasteiger partial charge is 0.223 e. The zero-order valence-corrected chi connectivity index (χ0v) is 9.26. The lowest BCUT2D eigenvalue weighted by molar-refractivity contribution is -0.128. The summed E-state index contributed by atoms with van der Waals surface area (Å²) in [6.45, 7) is 0.161. The van der Waals surface area contributed by atoms with Gasteiger partial charge in [0.05, 0.1) is 6.04 Å². The van der Waals surface area contributed by atoms with Crippen molar-refractivity contribution in [3.63, 3.8) is 0 Å². The lowest BCUT2D eigenvalue weighted by Crippen LogP contribution is -2.42. The van der Waals surface area contributed by atoms with Crippen molar-refractivity contribution in [3.05, 3.63) is 0 Å². The van der Waals surface area contributed by atoms with Crippen molar-refractivity contribution in [2.24, 2.45) is 11.7 Å². The molecule has 15 heavy (non-hydrogen) atoms. The number of nitrogens with one attached hydrogen (secondary N) is 1. The molecule has 0 radical (unpaired) electrons. The molecule has 4 N–H and O–H groups in total. The molecule has 1 fully saturated rings. The van der Waals surface area contributed by atoms with Crippen LogP contribution in [0, 0.1) is 5.92 Å². The van der Waals surface area contributed by atoms with Gasteiger partial charge in [-0.1, -0.05) is 0 Å². The minimum atomic E-state index is -0.714. The summed E-state index contributed by atoms with van der Waals surface area (Å²) in [5.41, 5.74) is 5.53. The molecule has 0 aliphatic carbocycles. The van der Waals surface area contributed by atoms with Gasteiger partial charge in [-0.25, -0.2) is 0 Å². The highest BCUT2D eigenvalue weighted by molar-refractivity contribution is 5.86. The van der Waals surface area contributed by atoms with Gasteiger partial charge in [-0.05, 0) is 19.3 Å². The number of piperidine rings is 1. The number of rotatable bonds is 4. The summed E-state index contributed by atoms with van der Waals surface area (Å²) in [5.74, 6) is -0.602. The van der Waals surface area contributed by atoms with Crippen molar-refractivity contribution >= 4 is 24.1 Å². The summed E-state index contributed by atoms with van der Waals surface area (Å²) in [7, 11) is 0. The first-order chi connectivity index (χ1) is 6.65. The van der Waals surface area contributed by atoms with E-state index in [1.165, 1.54) is 0 Å². The Morgan fingerprint density at radius 2 is 2.33 bits per heavy atom. The molecule has 88 valence electrons. The molecule has 1 heterocycles. The molecule has 0 bridgehead atoms. The van der Waals surface area contributed by atoms with Gasteiger partial charge >= 0.3 is 0 Å². The summed E-state index contributed by atoms with van der Waals surface area (Å²) in [5, 5.41) is 11.3. The monoisotopic (exact) mass is 236 g/mol. The largest absolute Gasteiger partial charge is 0.389 e. The average Bonchev–Trinajstić information content (AvgIpc) is 2.20. The third-order valence-electron chi connectivity index (χ3n) is 2.51. The van der Waals surface area contributed by atoms with Crippen LogP contribution in [0.5, 0.6) is 0 Å². The highest BCUT2D eigenvalue weighted by Gasteiger charge is 2.26. The minimum Gasteiger partial charge on any atom is -0.389 e. The fourth-order valence-corrected chi connectivity index (χ4v) is 1.62. The number of nitrogens with two attached hydrogens (primary N) is 1. The van der Waals surface area contributed by atoms with E-state index in [1.807, 2.05) is 0 Å². The van der Waals surface area contributed by atoms with Crippen LogP contribution in [0.25, 0.3) is 0 Å². The van der Waals surface area contributed by atoms with E-state index in [-0.39, 0.29) is 24.2 Å². The molecule has 1 amide bonds. The zero-order chi connectivity index (χ0) is 10.6. The first-order valence-electron chi connectivity index (χ1n) is 4.82. The molecule has 1 saturated heterocycles. The van der Waals surface area contributed by atoms with Gasteiger partial charge in [0.15, 0.2) is 5.78 Å². The highest BCUT2D eigenvalue weighted by atomic mass is 35.5. The van der Waals surface area contributed by atoms with Crippen molar-refractivity contribution in [1.82, 2.24) is 5.32 Å². The van der Waals surface area contributed by atoms with E-state index in [0.717, 1.165) is 12.8 Å². The summed E-state index contributed by atoms with van der Waals surface area (Å²) >= 11 is 0. The van der Waals surface area contributed by atoms with E-state index < -0.39 is 18.4 Å². The van der Waals surface area contributed by atoms with E-state index in [0.29, 0.717) is 13.0 Å². The second-order valence-electron chi connectivity index (χ2n) is 3.60. The summed E-state index contributed by atoms with van der Waals surface area (Å²) in [4.78, 5) is 22.3. The molecule has 0 aromatic rings. The Bertz CT molecular complexity index is 235. The number of Topliss-reactive ketones (excluding diaryl/α,β-unsaturated/α-hetero) is 1. The lowest BCUT2D eigenvalue weighted by Gasteiger charge is -2.23. The highest BCUT2D eigenvalue weighted by Crippen LogP contribution is 2.16. The average molecular weight is 237 g/mol. The fraction of sp³-hybridized carbons (Fsp3) is 0.778. The molecular weight excluding hydrogens is 220 g/mol. The zero-order valence-electron chi connectivity index (χ0n) is 8.44. The molecule has 1 aliphatic rings. The molecule has 0 aromatic heterocycles. The molecular formula is C9H17ClN2O3. The van der Waals surface area contributed by atoms with Crippen LogP contribution in [0.4, 0.5) is 0 Å². The maximum atomic E-state index is 11.3. The first-order valence-corrected chi connectivity index (χ1v) is 4.82. The van der Waals surface area contributed by atoms with Gasteiger partial charge < -0.3 is 16.2 Å². The van der Waals surface area contributed by atoms with Crippen LogP contribution in [0.1, 0.15) is 19.3 Å². The third-order valence-corrected chi connectivity index (χ3v) is 2.51. The molecule has 2 atom stereocenters. The molecule has 0 aromatic carbocycles. The Balaban J connectivity index is 0.00000196. The number of amides is 1. The number of carbonyl (C=O) groups is 2. The lowest BCUT2D eigenvalue weighted by atomic mass is 9.90. The topological polar surface area (TPSA) is 92.4 Å². The van der Waals surface area contributed by atoms with Gasteiger partial charge in [0.25, 0.3) is 0 Å². The summed E-state index contributed by atoms with van der Waals surface area (Å²) in [6.07, 6.45) is 2.04. The van der Waals surface area contributed by atoms with Crippen molar-refractivity contribution in [3.8, 4) is 0 Å². The number of halogens is 1. The number of ketones is 1. The first kappa shape index (κ1) is 14.3. The molecule has 6 heteroatoms. The molecule has 0 unspecified atom stereocenters. The predicted octanol–water partition coefficient (Wildman–Crippen LogP) is -0.787. The Hall–Kier alpha value is -0.650. The predicted molar refractivity (Wildman–Crippen MR) is 57.7 cm³/mol. The number of hydrogen-bond donors (Lipinski definition) is 3. The third kappa shape index (κ3) is 4.15. The molecule has 1 aliphatic heterocycles. The maximum absolute atomic E-state index is 11.3. The summed E-state index contributed by atoms with van der Waals surface area (Å²) in [6, 6.07) is -0.714. The van der Waals surface area contributed by atoms with E-state index in [9.17, 15) is 9.59 Å². The van der Waals surface area contributed by atoms with Gasteiger partial charge in [0.1, 0.15) is 6.61 Å². The fourth-order valence-electron chi connectivity index (χ4n) is 1.62. The second-order valence-corrected chi connectivity index (χ2v) is 3.60. The SMILES string of the molecule is Cl.N[C@@H](C[C@@H]1CCCNC1=O)C(=O)CO. The van der Waals surface area contributed by atoms with E-state index in [1.54, 1.807) is 0 Å². The van der Waals surface area contributed by atoms with Crippen LogP contribution in [0.15, 0.2) is 0 Å².